The maximum absolute atomic E-state index is 13.0. The molecule has 18 heavy (non-hydrogen) atoms. The van der Waals surface area contributed by atoms with Gasteiger partial charge in [0.25, 0.3) is 0 Å². The molecule has 0 aromatic heterocycles. The molecule has 0 fully saturated rings. The number of amides is 1. The van der Waals surface area contributed by atoms with Crippen LogP contribution in [0.25, 0.3) is 0 Å². The number of halogens is 1. The van der Waals surface area contributed by atoms with Crippen LogP contribution in [0.3, 0.4) is 0 Å². The highest BCUT2D eigenvalue weighted by molar-refractivity contribution is 5.94. The Hall–Kier alpha value is -1.62. The summed E-state index contributed by atoms with van der Waals surface area (Å²) < 4.78 is 18.3. The zero-order valence-corrected chi connectivity index (χ0v) is 10.9. The van der Waals surface area contributed by atoms with E-state index in [0.717, 1.165) is 0 Å². The number of benzene rings is 1. The molecule has 1 atom stereocenters. The van der Waals surface area contributed by atoms with Crippen molar-refractivity contribution < 1.29 is 13.9 Å². The standard InChI is InChI=1S/C13H19FN2O2/c1-8(2)9(3)18-7-13(17)16-12-6-10(14)4-5-11(12)15/h4-6,8-9H,7,15H2,1-3H3,(H,16,17). The van der Waals surface area contributed by atoms with Gasteiger partial charge in [-0.1, -0.05) is 13.8 Å². The molecule has 0 bridgehead atoms. The number of nitrogen functional groups attached to an aromatic ring is 1. The fraction of sp³-hybridized carbons (Fsp3) is 0.462. The van der Waals surface area contributed by atoms with Crippen LogP contribution in [0.5, 0.6) is 0 Å². The molecule has 100 valence electrons. The number of nitrogens with one attached hydrogen (secondary N) is 1. The van der Waals surface area contributed by atoms with Gasteiger partial charge in [-0.05, 0) is 31.0 Å². The van der Waals surface area contributed by atoms with E-state index in [9.17, 15) is 9.18 Å². The average Bonchev–Trinajstić information content (AvgIpc) is 2.30. The second-order valence-corrected chi connectivity index (χ2v) is 4.54. The molecule has 1 aromatic rings. The SMILES string of the molecule is CC(C)C(C)OCC(=O)Nc1cc(F)ccc1N. The Kier molecular flexibility index (Phi) is 5.09. The van der Waals surface area contributed by atoms with Crippen molar-refractivity contribution in [1.29, 1.82) is 0 Å². The first-order chi connectivity index (χ1) is 8.40. The molecule has 0 saturated carbocycles. The van der Waals surface area contributed by atoms with E-state index in [0.29, 0.717) is 11.6 Å². The third-order valence-electron chi connectivity index (χ3n) is 2.71. The first kappa shape index (κ1) is 14.4. The van der Waals surface area contributed by atoms with Crippen molar-refractivity contribution in [2.45, 2.75) is 26.9 Å². The summed E-state index contributed by atoms with van der Waals surface area (Å²) >= 11 is 0. The molecule has 3 N–H and O–H groups in total. The van der Waals surface area contributed by atoms with Crippen molar-refractivity contribution in [3.05, 3.63) is 24.0 Å². The highest BCUT2D eigenvalue weighted by Crippen LogP contribution is 2.19. The highest BCUT2D eigenvalue weighted by atomic mass is 19.1. The number of hydrogen-bond donors (Lipinski definition) is 2. The molecule has 1 unspecified atom stereocenters. The van der Waals surface area contributed by atoms with Crippen molar-refractivity contribution in [2.24, 2.45) is 5.92 Å². The minimum Gasteiger partial charge on any atom is -0.397 e. The maximum atomic E-state index is 13.0. The van der Waals surface area contributed by atoms with E-state index < -0.39 is 5.82 Å². The number of carbonyl (C=O) groups excluding carboxylic acids is 1. The Balaban J connectivity index is 2.52. The predicted molar refractivity (Wildman–Crippen MR) is 69.7 cm³/mol. The summed E-state index contributed by atoms with van der Waals surface area (Å²) in [7, 11) is 0. The Labute approximate surface area is 106 Å². The summed E-state index contributed by atoms with van der Waals surface area (Å²) in [6.45, 7) is 5.84. The van der Waals surface area contributed by atoms with Crippen LogP contribution in [0.1, 0.15) is 20.8 Å². The summed E-state index contributed by atoms with van der Waals surface area (Å²) in [4.78, 5) is 11.6. The van der Waals surface area contributed by atoms with E-state index in [2.05, 4.69) is 5.32 Å². The van der Waals surface area contributed by atoms with Gasteiger partial charge in [0.15, 0.2) is 0 Å². The van der Waals surface area contributed by atoms with E-state index in [4.69, 9.17) is 10.5 Å². The molecule has 4 nitrogen and oxygen atoms in total. The van der Waals surface area contributed by atoms with E-state index >= 15 is 0 Å². The normalized spacial score (nSPS) is 12.5. The summed E-state index contributed by atoms with van der Waals surface area (Å²) in [6, 6.07) is 3.82. The zero-order valence-electron chi connectivity index (χ0n) is 10.9. The van der Waals surface area contributed by atoms with Crippen molar-refractivity contribution in [3.8, 4) is 0 Å². The topological polar surface area (TPSA) is 64.3 Å². The first-order valence-electron chi connectivity index (χ1n) is 5.86. The number of rotatable bonds is 5. The maximum Gasteiger partial charge on any atom is 0.250 e. The summed E-state index contributed by atoms with van der Waals surface area (Å²) in [5, 5.41) is 2.52. The number of carbonyl (C=O) groups is 1. The van der Waals surface area contributed by atoms with Crippen LogP contribution in [0, 0.1) is 11.7 Å². The van der Waals surface area contributed by atoms with Gasteiger partial charge in [-0.15, -0.1) is 0 Å². The van der Waals surface area contributed by atoms with Gasteiger partial charge >= 0.3 is 0 Å². The molecule has 5 heteroatoms. The number of nitrogens with two attached hydrogens (primary N) is 1. The summed E-state index contributed by atoms with van der Waals surface area (Å²) in [5.74, 6) is -0.465. The lowest BCUT2D eigenvalue weighted by Gasteiger charge is -2.16. The molecule has 0 spiro atoms. The first-order valence-corrected chi connectivity index (χ1v) is 5.86. The lowest BCUT2D eigenvalue weighted by molar-refractivity contribution is -0.123. The summed E-state index contributed by atoms with van der Waals surface area (Å²) in [6.07, 6.45) is -0.0133. The second kappa shape index (κ2) is 6.35. The smallest absolute Gasteiger partial charge is 0.250 e. The van der Waals surface area contributed by atoms with E-state index in [1.54, 1.807) is 0 Å². The molecule has 0 saturated heterocycles. The molecular formula is C13H19FN2O2. The van der Waals surface area contributed by atoms with Crippen LogP contribution in [-0.4, -0.2) is 18.6 Å². The molecular weight excluding hydrogens is 235 g/mol. The Morgan fingerprint density at radius 1 is 1.44 bits per heavy atom. The minimum absolute atomic E-state index is 0.0133. The van der Waals surface area contributed by atoms with Gasteiger partial charge in [-0.3, -0.25) is 4.79 Å². The van der Waals surface area contributed by atoms with Crippen LogP contribution in [0.2, 0.25) is 0 Å². The molecule has 0 aliphatic carbocycles. The van der Waals surface area contributed by atoms with Gasteiger partial charge < -0.3 is 15.8 Å². The van der Waals surface area contributed by atoms with Gasteiger partial charge in [0, 0.05) is 0 Å². The summed E-state index contributed by atoms with van der Waals surface area (Å²) in [5.41, 5.74) is 6.21. The van der Waals surface area contributed by atoms with E-state index in [1.165, 1.54) is 18.2 Å². The van der Waals surface area contributed by atoms with Crippen molar-refractivity contribution in [1.82, 2.24) is 0 Å². The predicted octanol–water partition coefficient (Wildman–Crippen LogP) is 2.41. The lowest BCUT2D eigenvalue weighted by Crippen LogP contribution is -2.24. The molecule has 1 rings (SSSR count). The molecule has 0 heterocycles. The van der Waals surface area contributed by atoms with Crippen molar-refractivity contribution in [2.75, 3.05) is 17.7 Å². The Morgan fingerprint density at radius 3 is 2.72 bits per heavy atom. The Bertz CT molecular complexity index is 421. The van der Waals surface area contributed by atoms with Crippen LogP contribution in [-0.2, 0) is 9.53 Å². The molecule has 0 aliphatic heterocycles. The zero-order chi connectivity index (χ0) is 13.7. The lowest BCUT2D eigenvalue weighted by atomic mass is 10.1. The largest absolute Gasteiger partial charge is 0.397 e. The quantitative estimate of drug-likeness (QED) is 0.793. The fourth-order valence-electron chi connectivity index (χ4n) is 1.22. The molecule has 1 amide bonds. The molecule has 0 radical (unpaired) electrons. The average molecular weight is 254 g/mol. The second-order valence-electron chi connectivity index (χ2n) is 4.54. The molecule has 0 aliphatic rings. The molecule has 1 aromatic carbocycles. The van der Waals surface area contributed by atoms with E-state index in [1.807, 2.05) is 20.8 Å². The minimum atomic E-state index is -0.448. The van der Waals surface area contributed by atoms with Crippen LogP contribution >= 0.6 is 0 Å². The third kappa shape index (κ3) is 4.33. The van der Waals surface area contributed by atoms with Crippen LogP contribution < -0.4 is 11.1 Å². The van der Waals surface area contributed by atoms with Crippen LogP contribution in [0.15, 0.2) is 18.2 Å². The van der Waals surface area contributed by atoms with Gasteiger partial charge in [0.05, 0.1) is 17.5 Å². The van der Waals surface area contributed by atoms with E-state index in [-0.39, 0.29) is 24.3 Å². The van der Waals surface area contributed by atoms with Crippen molar-refractivity contribution >= 4 is 17.3 Å². The fourth-order valence-corrected chi connectivity index (χ4v) is 1.22. The highest BCUT2D eigenvalue weighted by Gasteiger charge is 2.11. The third-order valence-corrected chi connectivity index (χ3v) is 2.71. The monoisotopic (exact) mass is 254 g/mol. The van der Waals surface area contributed by atoms with Crippen molar-refractivity contribution in [3.63, 3.8) is 0 Å². The van der Waals surface area contributed by atoms with Gasteiger partial charge in [-0.2, -0.15) is 0 Å². The number of anilines is 2. The Morgan fingerprint density at radius 2 is 2.11 bits per heavy atom. The number of hydrogen-bond acceptors (Lipinski definition) is 3. The van der Waals surface area contributed by atoms with Gasteiger partial charge in [0.2, 0.25) is 5.91 Å². The van der Waals surface area contributed by atoms with Gasteiger partial charge in [-0.25, -0.2) is 4.39 Å². The van der Waals surface area contributed by atoms with Crippen LogP contribution in [0.4, 0.5) is 15.8 Å². The number of ether oxygens (including phenoxy) is 1. The van der Waals surface area contributed by atoms with Gasteiger partial charge in [0.1, 0.15) is 12.4 Å².